The molecule has 0 aromatic carbocycles. The molecule has 1 saturated carbocycles. The summed E-state index contributed by atoms with van der Waals surface area (Å²) in [6.07, 6.45) is 5.11. The van der Waals surface area contributed by atoms with Gasteiger partial charge in [0.1, 0.15) is 0 Å². The number of hydrogen-bond donors (Lipinski definition) is 2. The van der Waals surface area contributed by atoms with E-state index in [-0.39, 0.29) is 0 Å². The summed E-state index contributed by atoms with van der Waals surface area (Å²) in [6, 6.07) is 0.375. The van der Waals surface area contributed by atoms with E-state index in [1.54, 1.807) is 0 Å². The summed E-state index contributed by atoms with van der Waals surface area (Å²) in [5.74, 6) is 1.16. The van der Waals surface area contributed by atoms with Crippen molar-refractivity contribution in [2.24, 2.45) is 5.41 Å². The van der Waals surface area contributed by atoms with Gasteiger partial charge in [0.25, 0.3) is 0 Å². The smallest absolute Gasteiger partial charge is 0.323 e. The number of rotatable bonds is 8. The van der Waals surface area contributed by atoms with Crippen LogP contribution in [0.1, 0.15) is 46.5 Å². The molecule has 112 valence electrons. The number of hydrogen-bond acceptors (Lipinski definition) is 6. The Bertz CT molecular complexity index is 404. The lowest BCUT2D eigenvalue weighted by Gasteiger charge is -2.41. The summed E-state index contributed by atoms with van der Waals surface area (Å²) in [7, 11) is 0. The van der Waals surface area contributed by atoms with Gasteiger partial charge in [-0.3, -0.25) is 0 Å². The van der Waals surface area contributed by atoms with Gasteiger partial charge in [0.05, 0.1) is 6.61 Å². The standard InChI is InChI=1S/C14H25N5O/c1-4-14(8-7-9-14)10-16-12-17-11(15-5-2)18-13(19-12)20-6-3/h4-10H2,1-3H3,(H2,15,16,17,18,19). The van der Waals surface area contributed by atoms with Gasteiger partial charge < -0.3 is 15.4 Å². The molecule has 0 amide bonds. The Morgan fingerprint density at radius 2 is 1.75 bits per heavy atom. The molecule has 1 aromatic rings. The number of aromatic nitrogens is 3. The zero-order valence-electron chi connectivity index (χ0n) is 12.7. The van der Waals surface area contributed by atoms with Gasteiger partial charge >= 0.3 is 6.01 Å². The van der Waals surface area contributed by atoms with Crippen LogP contribution in [0.4, 0.5) is 11.9 Å². The Balaban J connectivity index is 2.05. The average molecular weight is 279 g/mol. The molecular weight excluding hydrogens is 254 g/mol. The maximum atomic E-state index is 5.39. The van der Waals surface area contributed by atoms with Crippen LogP contribution < -0.4 is 15.4 Å². The molecule has 0 spiro atoms. The molecular formula is C14H25N5O. The first-order valence-corrected chi connectivity index (χ1v) is 7.58. The van der Waals surface area contributed by atoms with Crippen LogP contribution in [-0.2, 0) is 0 Å². The predicted molar refractivity (Wildman–Crippen MR) is 80.2 cm³/mol. The topological polar surface area (TPSA) is 72.0 Å². The van der Waals surface area contributed by atoms with Crippen molar-refractivity contribution in [3.8, 4) is 6.01 Å². The highest BCUT2D eigenvalue weighted by atomic mass is 16.5. The zero-order chi connectivity index (χ0) is 14.4. The van der Waals surface area contributed by atoms with Crippen molar-refractivity contribution in [2.45, 2.75) is 46.5 Å². The predicted octanol–water partition coefficient (Wildman–Crippen LogP) is 2.69. The van der Waals surface area contributed by atoms with Crippen molar-refractivity contribution in [2.75, 3.05) is 30.3 Å². The minimum absolute atomic E-state index is 0.375. The summed E-state index contributed by atoms with van der Waals surface area (Å²) < 4.78 is 5.39. The van der Waals surface area contributed by atoms with Gasteiger partial charge in [-0.2, -0.15) is 15.0 Å². The molecule has 0 bridgehead atoms. The Morgan fingerprint density at radius 3 is 2.25 bits per heavy atom. The molecule has 0 saturated heterocycles. The summed E-state index contributed by atoms with van der Waals surface area (Å²) in [5, 5.41) is 6.46. The summed E-state index contributed by atoms with van der Waals surface area (Å²) in [6.45, 7) is 8.43. The first-order valence-electron chi connectivity index (χ1n) is 7.58. The van der Waals surface area contributed by atoms with Crippen LogP contribution in [0.2, 0.25) is 0 Å². The lowest BCUT2D eigenvalue weighted by atomic mass is 9.67. The second kappa shape index (κ2) is 6.72. The maximum Gasteiger partial charge on any atom is 0.323 e. The van der Waals surface area contributed by atoms with Crippen LogP contribution in [0.3, 0.4) is 0 Å². The molecule has 0 aliphatic heterocycles. The number of nitrogens with zero attached hydrogens (tertiary/aromatic N) is 3. The third kappa shape index (κ3) is 3.49. The Morgan fingerprint density at radius 1 is 1.05 bits per heavy atom. The minimum Gasteiger partial charge on any atom is -0.464 e. The second-order valence-corrected chi connectivity index (χ2v) is 5.29. The van der Waals surface area contributed by atoms with Crippen LogP contribution in [0, 0.1) is 5.41 Å². The van der Waals surface area contributed by atoms with E-state index in [2.05, 4.69) is 32.5 Å². The van der Waals surface area contributed by atoms with Crippen molar-refractivity contribution in [1.29, 1.82) is 0 Å². The Labute approximate surface area is 120 Å². The van der Waals surface area contributed by atoms with Gasteiger partial charge in [0.15, 0.2) is 0 Å². The molecule has 1 aliphatic rings. The second-order valence-electron chi connectivity index (χ2n) is 5.29. The number of anilines is 2. The maximum absolute atomic E-state index is 5.39. The zero-order valence-corrected chi connectivity index (χ0v) is 12.7. The van der Waals surface area contributed by atoms with Gasteiger partial charge in [0, 0.05) is 13.1 Å². The summed E-state index contributed by atoms with van der Waals surface area (Å²) >= 11 is 0. The third-order valence-corrected chi connectivity index (χ3v) is 4.01. The van der Waals surface area contributed by atoms with Crippen LogP contribution >= 0.6 is 0 Å². The average Bonchev–Trinajstić information content (AvgIpc) is 2.38. The van der Waals surface area contributed by atoms with E-state index in [1.165, 1.54) is 25.7 Å². The van der Waals surface area contributed by atoms with Crippen molar-refractivity contribution in [1.82, 2.24) is 15.0 Å². The normalized spacial score (nSPS) is 16.4. The molecule has 1 aliphatic carbocycles. The van der Waals surface area contributed by atoms with Gasteiger partial charge in [-0.15, -0.1) is 0 Å². The molecule has 0 radical (unpaired) electrons. The van der Waals surface area contributed by atoms with Crippen molar-refractivity contribution < 1.29 is 4.74 Å². The van der Waals surface area contributed by atoms with Gasteiger partial charge in [-0.05, 0) is 38.5 Å². The Hall–Kier alpha value is -1.59. The molecule has 20 heavy (non-hydrogen) atoms. The molecule has 1 fully saturated rings. The first-order chi connectivity index (χ1) is 9.71. The highest BCUT2D eigenvalue weighted by molar-refractivity contribution is 5.36. The van der Waals surface area contributed by atoms with E-state index in [9.17, 15) is 0 Å². The van der Waals surface area contributed by atoms with E-state index in [0.717, 1.165) is 13.1 Å². The SMILES string of the molecule is CCNc1nc(NCC2(CC)CCC2)nc(OCC)n1. The molecule has 6 heteroatoms. The van der Waals surface area contributed by atoms with Gasteiger partial charge in [0.2, 0.25) is 11.9 Å². The van der Waals surface area contributed by atoms with Crippen LogP contribution in [0.5, 0.6) is 6.01 Å². The number of ether oxygens (including phenoxy) is 1. The molecule has 6 nitrogen and oxygen atoms in total. The molecule has 1 heterocycles. The lowest BCUT2D eigenvalue weighted by molar-refractivity contribution is 0.144. The summed E-state index contributed by atoms with van der Waals surface area (Å²) in [5.41, 5.74) is 0.427. The largest absolute Gasteiger partial charge is 0.464 e. The highest BCUT2D eigenvalue weighted by Crippen LogP contribution is 2.43. The minimum atomic E-state index is 0.375. The van der Waals surface area contributed by atoms with Crippen LogP contribution in [-0.4, -0.2) is 34.6 Å². The Kier molecular flexibility index (Phi) is 4.98. The first kappa shape index (κ1) is 14.8. The summed E-state index contributed by atoms with van der Waals surface area (Å²) in [4.78, 5) is 12.9. The fraction of sp³-hybridized carbons (Fsp3) is 0.786. The van der Waals surface area contributed by atoms with Crippen molar-refractivity contribution in [3.05, 3.63) is 0 Å². The van der Waals surface area contributed by atoms with Gasteiger partial charge in [-0.25, -0.2) is 0 Å². The molecule has 0 atom stereocenters. The molecule has 1 aromatic heterocycles. The number of nitrogens with one attached hydrogen (secondary N) is 2. The quantitative estimate of drug-likeness (QED) is 0.762. The van der Waals surface area contributed by atoms with E-state index in [4.69, 9.17) is 4.74 Å². The van der Waals surface area contributed by atoms with Crippen molar-refractivity contribution in [3.63, 3.8) is 0 Å². The van der Waals surface area contributed by atoms with E-state index >= 15 is 0 Å². The third-order valence-electron chi connectivity index (χ3n) is 4.01. The fourth-order valence-electron chi connectivity index (χ4n) is 2.47. The van der Waals surface area contributed by atoms with Gasteiger partial charge in [-0.1, -0.05) is 13.3 Å². The lowest BCUT2D eigenvalue weighted by Crippen LogP contribution is -2.36. The van der Waals surface area contributed by atoms with E-state index in [1.807, 2.05) is 13.8 Å². The van der Waals surface area contributed by atoms with Crippen LogP contribution in [0.25, 0.3) is 0 Å². The highest BCUT2D eigenvalue weighted by Gasteiger charge is 2.34. The molecule has 2 N–H and O–H groups in total. The molecule has 2 rings (SSSR count). The van der Waals surface area contributed by atoms with E-state index in [0.29, 0.717) is 29.9 Å². The van der Waals surface area contributed by atoms with Crippen molar-refractivity contribution >= 4 is 11.9 Å². The van der Waals surface area contributed by atoms with E-state index < -0.39 is 0 Å². The fourth-order valence-corrected chi connectivity index (χ4v) is 2.47. The monoisotopic (exact) mass is 279 g/mol. The molecule has 0 unspecified atom stereocenters. The van der Waals surface area contributed by atoms with Crippen LogP contribution in [0.15, 0.2) is 0 Å².